The van der Waals surface area contributed by atoms with Crippen molar-refractivity contribution in [2.75, 3.05) is 19.0 Å². The van der Waals surface area contributed by atoms with Gasteiger partial charge in [-0.05, 0) is 49.2 Å². The minimum Gasteiger partial charge on any atom is -0.496 e. The first-order valence-electron chi connectivity index (χ1n) is 8.99. The van der Waals surface area contributed by atoms with Crippen molar-refractivity contribution in [2.45, 2.75) is 32.5 Å². The average Bonchev–Trinajstić information content (AvgIpc) is 2.79. The molecule has 2 aromatic rings. The molecule has 7 heteroatoms. The van der Waals surface area contributed by atoms with Crippen molar-refractivity contribution in [3.63, 3.8) is 0 Å². The number of methoxy groups -OCH3 is 1. The molecule has 1 aliphatic rings. The summed E-state index contributed by atoms with van der Waals surface area (Å²) in [6, 6.07) is 11.3. The van der Waals surface area contributed by atoms with Gasteiger partial charge in [-0.1, -0.05) is 36.0 Å². The van der Waals surface area contributed by atoms with Crippen LogP contribution in [0.15, 0.2) is 36.4 Å². The van der Waals surface area contributed by atoms with E-state index in [1.807, 2.05) is 37.3 Å². The smallest absolute Gasteiger partial charge is 0.308 e. The Labute approximate surface area is 174 Å². The molecule has 0 aliphatic carbocycles. The molecule has 0 aromatic heterocycles. The second-order valence-corrected chi connectivity index (χ2v) is 7.29. The molecule has 3 rings (SSSR count). The van der Waals surface area contributed by atoms with Crippen LogP contribution in [0.4, 0.5) is 5.69 Å². The number of anilines is 1. The van der Waals surface area contributed by atoms with E-state index in [1.54, 1.807) is 20.1 Å². The Morgan fingerprint density at radius 3 is 2.79 bits per heavy atom. The van der Waals surface area contributed by atoms with Gasteiger partial charge >= 0.3 is 5.97 Å². The van der Waals surface area contributed by atoms with Crippen LogP contribution in [-0.2, 0) is 14.3 Å². The third-order valence-corrected chi connectivity index (χ3v) is 5.23. The number of hydrogen-bond donors (Lipinski definition) is 1. The maximum atomic E-state index is 12.1. The minimum atomic E-state index is -0.629. The summed E-state index contributed by atoms with van der Waals surface area (Å²) in [7, 11) is 1.63. The highest BCUT2D eigenvalue weighted by Crippen LogP contribution is 2.40. The molecule has 0 unspecified atom stereocenters. The predicted molar refractivity (Wildman–Crippen MR) is 113 cm³/mol. The van der Waals surface area contributed by atoms with Crippen molar-refractivity contribution in [1.82, 2.24) is 0 Å². The Hall–Kier alpha value is -2.15. The predicted octanol–water partition coefficient (Wildman–Crippen LogP) is 4.84. The summed E-state index contributed by atoms with van der Waals surface area (Å²) < 4.78 is 16.9. The van der Waals surface area contributed by atoms with Crippen molar-refractivity contribution in [2.24, 2.45) is 0 Å². The van der Waals surface area contributed by atoms with Crippen molar-refractivity contribution < 1.29 is 19.0 Å². The molecular weight excluding hydrogens is 398 g/mol. The van der Waals surface area contributed by atoms with Gasteiger partial charge in [0.15, 0.2) is 0 Å². The van der Waals surface area contributed by atoms with Crippen LogP contribution in [0.25, 0.3) is 0 Å². The summed E-state index contributed by atoms with van der Waals surface area (Å²) in [4.78, 5) is 12.5. The van der Waals surface area contributed by atoms with Gasteiger partial charge in [0.05, 0.1) is 20.1 Å². The van der Waals surface area contributed by atoms with Gasteiger partial charge in [-0.15, -0.1) is 0 Å². The number of ether oxygens (including phenoxy) is 3. The van der Waals surface area contributed by atoms with Gasteiger partial charge in [0.1, 0.15) is 22.9 Å². The molecule has 2 aromatic carbocycles. The number of hydrogen-bond acceptors (Lipinski definition) is 5. The molecule has 28 heavy (non-hydrogen) atoms. The highest BCUT2D eigenvalue weighted by Gasteiger charge is 2.32. The van der Waals surface area contributed by atoms with E-state index in [-0.39, 0.29) is 12.4 Å². The lowest BCUT2D eigenvalue weighted by Gasteiger charge is -2.24. The molecule has 0 fully saturated rings. The number of esters is 1. The van der Waals surface area contributed by atoms with Crippen LogP contribution in [0.1, 0.15) is 36.1 Å². The fraction of sp³-hybridized carbons (Fsp3) is 0.333. The summed E-state index contributed by atoms with van der Waals surface area (Å²) in [6.45, 7) is 4.04. The molecule has 2 atom stereocenters. The van der Waals surface area contributed by atoms with Crippen LogP contribution in [0.5, 0.6) is 5.75 Å². The average molecular weight is 420 g/mol. The van der Waals surface area contributed by atoms with Gasteiger partial charge in [0.25, 0.3) is 0 Å². The van der Waals surface area contributed by atoms with Gasteiger partial charge < -0.3 is 19.5 Å². The van der Waals surface area contributed by atoms with Crippen molar-refractivity contribution in [1.29, 1.82) is 0 Å². The van der Waals surface area contributed by atoms with Gasteiger partial charge in [0, 0.05) is 16.3 Å². The molecule has 0 spiro atoms. The van der Waals surface area contributed by atoms with E-state index < -0.39 is 12.2 Å². The number of halogens is 1. The van der Waals surface area contributed by atoms with E-state index in [9.17, 15) is 4.79 Å². The van der Waals surface area contributed by atoms with Crippen LogP contribution < -0.4 is 10.1 Å². The van der Waals surface area contributed by atoms with Crippen molar-refractivity contribution in [3.05, 3.63) is 58.1 Å². The maximum Gasteiger partial charge on any atom is 0.308 e. The number of benzene rings is 2. The summed E-state index contributed by atoms with van der Waals surface area (Å²) in [6.07, 6.45) is -1.08. The summed E-state index contributed by atoms with van der Waals surface area (Å²) in [5, 5.41) is 3.79. The number of nitrogens with one attached hydrogen (secondary N) is 1. The second-order valence-electron chi connectivity index (χ2n) is 6.41. The normalized spacial score (nSPS) is 18.6. The van der Waals surface area contributed by atoms with E-state index in [0.717, 1.165) is 28.1 Å². The fourth-order valence-electron chi connectivity index (χ4n) is 3.27. The monoisotopic (exact) mass is 419 g/mol. The summed E-state index contributed by atoms with van der Waals surface area (Å²) in [5.41, 5.74) is 3.51. The Morgan fingerprint density at radius 1 is 1.29 bits per heavy atom. The van der Waals surface area contributed by atoms with Gasteiger partial charge in [-0.3, -0.25) is 4.79 Å². The SMILES string of the molecule is CCOC(=O)C[C@H]1O[C@H](c2cccc(OC)c2C)c2cc(Cl)ccc2NC1=S. The zero-order chi connectivity index (χ0) is 20.3. The topological polar surface area (TPSA) is 56.8 Å². The lowest BCUT2D eigenvalue weighted by molar-refractivity contribution is -0.145. The molecule has 0 saturated heterocycles. The molecule has 0 amide bonds. The van der Waals surface area contributed by atoms with Gasteiger partial charge in [0.2, 0.25) is 0 Å². The Kier molecular flexibility index (Phi) is 6.54. The molecule has 0 saturated carbocycles. The van der Waals surface area contributed by atoms with E-state index in [4.69, 9.17) is 38.0 Å². The van der Waals surface area contributed by atoms with Crippen LogP contribution in [-0.4, -0.2) is 30.8 Å². The molecule has 0 bridgehead atoms. The molecule has 1 aliphatic heterocycles. The van der Waals surface area contributed by atoms with Crippen LogP contribution in [0.3, 0.4) is 0 Å². The molecule has 5 nitrogen and oxygen atoms in total. The highest BCUT2D eigenvalue weighted by molar-refractivity contribution is 7.80. The first-order chi connectivity index (χ1) is 13.4. The molecule has 1 N–H and O–H groups in total. The van der Waals surface area contributed by atoms with Crippen LogP contribution in [0, 0.1) is 6.92 Å². The van der Waals surface area contributed by atoms with E-state index >= 15 is 0 Å². The number of carbonyl (C=O) groups is 1. The number of thiocarbonyl (C=S) groups is 1. The summed E-state index contributed by atoms with van der Waals surface area (Å²) in [5.74, 6) is 0.396. The van der Waals surface area contributed by atoms with E-state index in [1.165, 1.54) is 0 Å². The largest absolute Gasteiger partial charge is 0.496 e. The van der Waals surface area contributed by atoms with E-state index in [0.29, 0.717) is 16.6 Å². The Bertz CT molecular complexity index is 902. The zero-order valence-corrected chi connectivity index (χ0v) is 17.5. The number of carbonyl (C=O) groups excluding carboxylic acids is 1. The fourth-order valence-corrected chi connectivity index (χ4v) is 3.70. The van der Waals surface area contributed by atoms with Crippen molar-refractivity contribution in [3.8, 4) is 5.75 Å². The lowest BCUT2D eigenvalue weighted by Crippen LogP contribution is -2.31. The van der Waals surface area contributed by atoms with Crippen LogP contribution >= 0.6 is 23.8 Å². The molecular formula is C21H22ClNO4S. The zero-order valence-electron chi connectivity index (χ0n) is 16.0. The third-order valence-electron chi connectivity index (χ3n) is 4.63. The third kappa shape index (κ3) is 4.29. The first kappa shape index (κ1) is 20.6. The molecule has 0 radical (unpaired) electrons. The van der Waals surface area contributed by atoms with Crippen molar-refractivity contribution >= 4 is 40.5 Å². The number of fused-ring (bicyclic) bond motifs is 1. The minimum absolute atomic E-state index is 0.0287. The quantitative estimate of drug-likeness (QED) is 0.553. The first-order valence-corrected chi connectivity index (χ1v) is 9.78. The lowest BCUT2D eigenvalue weighted by atomic mass is 9.95. The summed E-state index contributed by atoms with van der Waals surface area (Å²) >= 11 is 11.8. The Morgan fingerprint density at radius 2 is 2.07 bits per heavy atom. The molecule has 1 heterocycles. The van der Waals surface area contributed by atoms with Gasteiger partial charge in [-0.2, -0.15) is 0 Å². The number of rotatable bonds is 5. The van der Waals surface area contributed by atoms with E-state index in [2.05, 4.69) is 5.32 Å². The standard InChI is InChI=1S/C21H22ClNO4S/c1-4-26-19(24)11-18-21(28)23-16-9-8-13(22)10-15(16)20(27-18)14-6-5-7-17(25-3)12(14)2/h5-10,18,20H,4,11H2,1-3H3,(H,23,28)/t18-,20-/m1/s1. The van der Waals surface area contributed by atoms with Gasteiger partial charge in [-0.25, -0.2) is 0 Å². The maximum absolute atomic E-state index is 12.1. The van der Waals surface area contributed by atoms with Crippen LogP contribution in [0.2, 0.25) is 5.02 Å². The Balaban J connectivity index is 2.08. The molecule has 148 valence electrons. The second kappa shape index (κ2) is 8.90. The highest BCUT2D eigenvalue weighted by atomic mass is 35.5.